The Kier molecular flexibility index (Phi) is 2.64. The van der Waals surface area contributed by atoms with Crippen LogP contribution in [-0.2, 0) is 0 Å². The normalized spacial score (nSPS) is 11.2. The van der Waals surface area contributed by atoms with E-state index in [4.69, 9.17) is 4.42 Å². The van der Waals surface area contributed by atoms with Gasteiger partial charge in [-0.3, -0.25) is 0 Å². The summed E-state index contributed by atoms with van der Waals surface area (Å²) in [7, 11) is 0. The smallest absolute Gasteiger partial charge is 0.149 e. The molecule has 2 heteroatoms. The quantitative estimate of drug-likeness (QED) is 0.418. The highest BCUT2D eigenvalue weighted by atomic mass is 79.9. The highest BCUT2D eigenvalue weighted by Gasteiger charge is 2.13. The van der Waals surface area contributed by atoms with Crippen LogP contribution in [-0.4, -0.2) is 0 Å². The van der Waals surface area contributed by atoms with Crippen LogP contribution in [0.4, 0.5) is 0 Å². The van der Waals surface area contributed by atoms with Crippen LogP contribution in [0.2, 0.25) is 0 Å². The molecule has 0 saturated heterocycles. The number of rotatable bonds is 1. The van der Waals surface area contributed by atoms with Gasteiger partial charge in [-0.05, 0) is 44.9 Å². The molecule has 0 aliphatic carbocycles. The predicted molar refractivity (Wildman–Crippen MR) is 86.9 cm³/mol. The predicted octanol–water partition coefficient (Wildman–Crippen LogP) is 6.02. The molecule has 1 nitrogen and oxygen atoms in total. The summed E-state index contributed by atoms with van der Waals surface area (Å²) in [4.78, 5) is 0. The Bertz CT molecular complexity index is 921. The lowest BCUT2D eigenvalue weighted by Gasteiger charge is -2.01. The van der Waals surface area contributed by atoms with Crippen molar-refractivity contribution in [3.63, 3.8) is 0 Å². The molecule has 0 amide bonds. The molecule has 20 heavy (non-hydrogen) atoms. The van der Waals surface area contributed by atoms with Crippen molar-refractivity contribution in [2.75, 3.05) is 0 Å². The average Bonchev–Trinajstić information content (AvgIpc) is 2.84. The molecule has 3 aromatic carbocycles. The zero-order valence-corrected chi connectivity index (χ0v) is 12.2. The Morgan fingerprint density at radius 3 is 2.35 bits per heavy atom. The Morgan fingerprint density at radius 1 is 0.750 bits per heavy atom. The van der Waals surface area contributed by atoms with E-state index in [0.717, 1.165) is 26.8 Å². The van der Waals surface area contributed by atoms with Crippen LogP contribution in [0.25, 0.3) is 33.1 Å². The highest BCUT2D eigenvalue weighted by molar-refractivity contribution is 9.10. The van der Waals surface area contributed by atoms with Crippen LogP contribution in [0, 0.1) is 0 Å². The third kappa shape index (κ3) is 1.76. The minimum atomic E-state index is 0.886. The molecule has 0 fully saturated rings. The molecule has 0 radical (unpaired) electrons. The van der Waals surface area contributed by atoms with Crippen LogP contribution in [0.5, 0.6) is 0 Å². The van der Waals surface area contributed by atoms with Crippen molar-refractivity contribution in [1.82, 2.24) is 0 Å². The summed E-state index contributed by atoms with van der Waals surface area (Å²) in [6.45, 7) is 0. The van der Waals surface area contributed by atoms with Crippen LogP contribution in [0.1, 0.15) is 0 Å². The van der Waals surface area contributed by atoms with Gasteiger partial charge in [0.25, 0.3) is 0 Å². The van der Waals surface area contributed by atoms with Crippen molar-refractivity contribution in [3.8, 4) is 11.3 Å². The van der Waals surface area contributed by atoms with Crippen molar-refractivity contribution < 1.29 is 4.42 Å². The van der Waals surface area contributed by atoms with E-state index in [9.17, 15) is 0 Å². The van der Waals surface area contributed by atoms with E-state index in [1.54, 1.807) is 0 Å². The fourth-order valence-electron chi connectivity index (χ4n) is 2.53. The zero-order valence-electron chi connectivity index (χ0n) is 10.6. The highest BCUT2D eigenvalue weighted by Crippen LogP contribution is 2.38. The van der Waals surface area contributed by atoms with E-state index >= 15 is 0 Å². The lowest BCUT2D eigenvalue weighted by Crippen LogP contribution is -1.77. The van der Waals surface area contributed by atoms with Gasteiger partial charge in [-0.25, -0.2) is 0 Å². The Morgan fingerprint density at radius 2 is 1.50 bits per heavy atom. The molecule has 0 spiro atoms. The summed E-state index contributed by atoms with van der Waals surface area (Å²) in [5.41, 5.74) is 1.99. The lowest BCUT2D eigenvalue weighted by atomic mass is 10.1. The summed E-state index contributed by atoms with van der Waals surface area (Å²) < 4.78 is 7.00. The second kappa shape index (κ2) is 4.50. The molecule has 0 aliphatic heterocycles. The Labute approximate surface area is 125 Å². The van der Waals surface area contributed by atoms with Crippen LogP contribution in [0.15, 0.2) is 75.6 Å². The molecule has 4 aromatic rings. The van der Waals surface area contributed by atoms with Gasteiger partial charge in [-0.15, -0.1) is 0 Å². The van der Waals surface area contributed by atoms with Gasteiger partial charge in [0.1, 0.15) is 11.3 Å². The molecule has 0 saturated carbocycles. The van der Waals surface area contributed by atoms with Gasteiger partial charge in [0.15, 0.2) is 0 Å². The SMILES string of the molecule is Brc1c(-c2ccc3ccccc3c2)oc2ccccc12. The molecular weight excluding hydrogens is 312 g/mol. The van der Waals surface area contributed by atoms with Gasteiger partial charge in [0, 0.05) is 10.9 Å². The molecule has 4 rings (SSSR count). The van der Waals surface area contributed by atoms with E-state index in [0.29, 0.717) is 0 Å². The summed E-state index contributed by atoms with van der Waals surface area (Å²) in [6, 6.07) is 22.8. The fraction of sp³-hybridized carbons (Fsp3) is 0. The molecule has 0 bridgehead atoms. The molecule has 1 aromatic heterocycles. The Balaban J connectivity index is 1.98. The second-order valence-electron chi connectivity index (χ2n) is 4.80. The maximum absolute atomic E-state index is 5.99. The van der Waals surface area contributed by atoms with E-state index in [2.05, 4.69) is 64.5 Å². The first-order chi connectivity index (χ1) is 9.83. The first kappa shape index (κ1) is 11.7. The summed E-state index contributed by atoms with van der Waals surface area (Å²) in [6.07, 6.45) is 0. The third-order valence-electron chi connectivity index (χ3n) is 3.55. The summed E-state index contributed by atoms with van der Waals surface area (Å²) in [5.74, 6) is 0.886. The van der Waals surface area contributed by atoms with Gasteiger partial charge in [-0.2, -0.15) is 0 Å². The largest absolute Gasteiger partial charge is 0.455 e. The van der Waals surface area contributed by atoms with Crippen molar-refractivity contribution in [2.24, 2.45) is 0 Å². The molecule has 0 unspecified atom stereocenters. The maximum atomic E-state index is 5.99. The Hall–Kier alpha value is -2.06. The summed E-state index contributed by atoms with van der Waals surface area (Å²) in [5, 5.41) is 3.57. The number of para-hydroxylation sites is 1. The van der Waals surface area contributed by atoms with Crippen molar-refractivity contribution in [1.29, 1.82) is 0 Å². The fourth-order valence-corrected chi connectivity index (χ4v) is 3.17. The van der Waals surface area contributed by atoms with Crippen LogP contribution in [0.3, 0.4) is 0 Å². The molecule has 0 atom stereocenters. The first-order valence-electron chi connectivity index (χ1n) is 6.49. The molecule has 96 valence electrons. The van der Waals surface area contributed by atoms with Crippen LogP contribution >= 0.6 is 15.9 Å². The maximum Gasteiger partial charge on any atom is 0.149 e. The number of fused-ring (bicyclic) bond motifs is 2. The van der Waals surface area contributed by atoms with Gasteiger partial charge >= 0.3 is 0 Å². The number of benzene rings is 3. The van der Waals surface area contributed by atoms with Crippen molar-refractivity contribution in [2.45, 2.75) is 0 Å². The van der Waals surface area contributed by atoms with Gasteiger partial charge in [0.05, 0.1) is 4.47 Å². The lowest BCUT2D eigenvalue weighted by molar-refractivity contribution is 0.630. The number of furan rings is 1. The molecular formula is C18H11BrO. The monoisotopic (exact) mass is 322 g/mol. The number of hydrogen-bond acceptors (Lipinski definition) is 1. The molecule has 0 N–H and O–H groups in total. The first-order valence-corrected chi connectivity index (χ1v) is 7.28. The molecule has 0 aliphatic rings. The van der Waals surface area contributed by atoms with E-state index < -0.39 is 0 Å². The van der Waals surface area contributed by atoms with Gasteiger partial charge in [-0.1, -0.05) is 48.5 Å². The van der Waals surface area contributed by atoms with Gasteiger partial charge < -0.3 is 4.42 Å². The molecule has 1 heterocycles. The van der Waals surface area contributed by atoms with E-state index in [1.807, 2.05) is 18.2 Å². The van der Waals surface area contributed by atoms with Gasteiger partial charge in [0.2, 0.25) is 0 Å². The van der Waals surface area contributed by atoms with Crippen LogP contribution < -0.4 is 0 Å². The minimum Gasteiger partial charge on any atom is -0.455 e. The average molecular weight is 323 g/mol. The van der Waals surface area contributed by atoms with E-state index in [-0.39, 0.29) is 0 Å². The number of hydrogen-bond donors (Lipinski definition) is 0. The number of halogens is 1. The second-order valence-corrected chi connectivity index (χ2v) is 5.60. The zero-order chi connectivity index (χ0) is 13.5. The topological polar surface area (TPSA) is 13.1 Å². The third-order valence-corrected chi connectivity index (χ3v) is 4.33. The van der Waals surface area contributed by atoms with Crippen molar-refractivity contribution >= 4 is 37.7 Å². The van der Waals surface area contributed by atoms with Crippen molar-refractivity contribution in [3.05, 3.63) is 71.2 Å². The summed E-state index contributed by atoms with van der Waals surface area (Å²) >= 11 is 3.66. The minimum absolute atomic E-state index is 0.886. The standard InChI is InChI=1S/C18H11BrO/c19-17-15-7-3-4-8-16(15)20-18(17)14-10-9-12-5-1-2-6-13(12)11-14/h1-11H. The van der Waals surface area contributed by atoms with E-state index in [1.165, 1.54) is 10.8 Å².